The van der Waals surface area contributed by atoms with Gasteiger partial charge in [0.15, 0.2) is 5.17 Å². The fourth-order valence-corrected chi connectivity index (χ4v) is 4.65. The first-order valence-corrected chi connectivity index (χ1v) is 11.1. The lowest BCUT2D eigenvalue weighted by Crippen LogP contribution is -2.33. The SMILES string of the molecule is CCOc1ccc(NC(=O)CC2SC(=Nc3cc(Cl)cc(Cl)c3)N(CC)C2=O)cc1. The van der Waals surface area contributed by atoms with Gasteiger partial charge < -0.3 is 10.1 Å². The highest BCUT2D eigenvalue weighted by Gasteiger charge is 2.38. The normalized spacial score (nSPS) is 17.5. The number of rotatable bonds is 7. The summed E-state index contributed by atoms with van der Waals surface area (Å²) in [5, 5.41) is 3.73. The first kappa shape index (κ1) is 22.5. The van der Waals surface area contributed by atoms with Crippen LogP contribution in [0.3, 0.4) is 0 Å². The van der Waals surface area contributed by atoms with E-state index in [1.54, 1.807) is 47.4 Å². The fraction of sp³-hybridized carbons (Fsp3) is 0.286. The third kappa shape index (κ3) is 5.68. The average molecular weight is 466 g/mol. The van der Waals surface area contributed by atoms with Crippen molar-refractivity contribution < 1.29 is 14.3 Å². The molecule has 1 N–H and O–H groups in total. The largest absolute Gasteiger partial charge is 0.494 e. The third-order valence-corrected chi connectivity index (χ3v) is 5.84. The van der Waals surface area contributed by atoms with Crippen molar-refractivity contribution in [1.29, 1.82) is 0 Å². The smallest absolute Gasteiger partial charge is 0.242 e. The Balaban J connectivity index is 1.68. The lowest BCUT2D eigenvalue weighted by molar-refractivity contribution is -0.128. The molecule has 0 spiro atoms. The summed E-state index contributed by atoms with van der Waals surface area (Å²) in [5.41, 5.74) is 1.20. The second-order valence-corrected chi connectivity index (χ2v) is 8.46. The third-order valence-electron chi connectivity index (χ3n) is 4.23. The Morgan fingerprint density at radius 2 is 1.83 bits per heavy atom. The summed E-state index contributed by atoms with van der Waals surface area (Å²) in [6.45, 7) is 4.80. The number of hydrogen-bond donors (Lipinski definition) is 1. The van der Waals surface area contributed by atoms with Crippen molar-refractivity contribution >= 4 is 63.3 Å². The number of benzene rings is 2. The lowest BCUT2D eigenvalue weighted by atomic mass is 10.2. The molecule has 2 aromatic carbocycles. The number of amidine groups is 1. The van der Waals surface area contributed by atoms with Gasteiger partial charge in [0, 0.05) is 28.7 Å². The van der Waals surface area contributed by atoms with Crippen LogP contribution >= 0.6 is 35.0 Å². The number of thioether (sulfide) groups is 1. The van der Waals surface area contributed by atoms with Crippen LogP contribution in [0.2, 0.25) is 10.0 Å². The molecule has 1 aliphatic heterocycles. The Labute approximate surface area is 189 Å². The van der Waals surface area contributed by atoms with Crippen LogP contribution in [0.15, 0.2) is 47.5 Å². The summed E-state index contributed by atoms with van der Waals surface area (Å²) in [6, 6.07) is 12.1. The molecule has 9 heteroatoms. The molecule has 2 amide bonds. The molecule has 0 radical (unpaired) electrons. The molecule has 1 heterocycles. The van der Waals surface area contributed by atoms with Crippen molar-refractivity contribution in [3.8, 4) is 5.75 Å². The van der Waals surface area contributed by atoms with Gasteiger partial charge in [-0.3, -0.25) is 14.5 Å². The van der Waals surface area contributed by atoms with Crippen LogP contribution in [0, 0.1) is 0 Å². The first-order chi connectivity index (χ1) is 14.4. The lowest BCUT2D eigenvalue weighted by Gasteiger charge is -2.13. The molecule has 2 aromatic rings. The summed E-state index contributed by atoms with van der Waals surface area (Å²) >= 11 is 13.3. The minimum Gasteiger partial charge on any atom is -0.494 e. The van der Waals surface area contributed by atoms with E-state index in [1.807, 2.05) is 13.8 Å². The number of aliphatic imine (C=N–C) groups is 1. The van der Waals surface area contributed by atoms with Crippen LogP contribution in [0.4, 0.5) is 11.4 Å². The highest BCUT2D eigenvalue weighted by molar-refractivity contribution is 8.15. The van der Waals surface area contributed by atoms with Gasteiger partial charge in [-0.05, 0) is 56.3 Å². The monoisotopic (exact) mass is 465 g/mol. The molecule has 1 unspecified atom stereocenters. The van der Waals surface area contributed by atoms with Gasteiger partial charge in [0.1, 0.15) is 11.0 Å². The topological polar surface area (TPSA) is 71.0 Å². The highest BCUT2D eigenvalue weighted by atomic mass is 35.5. The van der Waals surface area contributed by atoms with Crippen molar-refractivity contribution in [3.63, 3.8) is 0 Å². The van der Waals surface area contributed by atoms with Crippen molar-refractivity contribution in [3.05, 3.63) is 52.5 Å². The standard InChI is InChI=1S/C21H21Cl2N3O3S/c1-3-26-20(28)18(30-21(26)25-16-10-13(22)9-14(23)11-16)12-19(27)24-15-5-7-17(8-6-15)29-4-2/h5-11,18H,3-4,12H2,1-2H3,(H,24,27). The highest BCUT2D eigenvalue weighted by Crippen LogP contribution is 2.33. The molecule has 0 aromatic heterocycles. The van der Waals surface area contributed by atoms with E-state index in [9.17, 15) is 9.59 Å². The number of nitrogens with one attached hydrogen (secondary N) is 1. The quantitative estimate of drug-likeness (QED) is 0.596. The van der Waals surface area contributed by atoms with E-state index >= 15 is 0 Å². The van der Waals surface area contributed by atoms with Crippen molar-refractivity contribution in [2.24, 2.45) is 4.99 Å². The number of nitrogens with zero attached hydrogens (tertiary/aromatic N) is 2. The Morgan fingerprint density at radius 3 is 2.43 bits per heavy atom. The zero-order valence-electron chi connectivity index (χ0n) is 16.5. The van der Waals surface area contributed by atoms with Gasteiger partial charge >= 0.3 is 0 Å². The Hall–Kier alpha value is -2.22. The maximum Gasteiger partial charge on any atom is 0.242 e. The summed E-state index contributed by atoms with van der Waals surface area (Å²) < 4.78 is 5.39. The Morgan fingerprint density at radius 1 is 1.17 bits per heavy atom. The number of carbonyl (C=O) groups is 2. The van der Waals surface area contributed by atoms with Gasteiger partial charge in [-0.1, -0.05) is 35.0 Å². The molecular weight excluding hydrogens is 445 g/mol. The molecular formula is C21H21Cl2N3O3S. The minimum absolute atomic E-state index is 0.0442. The van der Waals surface area contributed by atoms with Gasteiger partial charge in [-0.15, -0.1) is 0 Å². The molecule has 1 atom stereocenters. The van der Waals surface area contributed by atoms with Gasteiger partial charge in [0.2, 0.25) is 11.8 Å². The van der Waals surface area contributed by atoms with Gasteiger partial charge in [0.25, 0.3) is 0 Å². The maximum atomic E-state index is 12.8. The summed E-state index contributed by atoms with van der Waals surface area (Å²) in [7, 11) is 0. The fourth-order valence-electron chi connectivity index (χ4n) is 2.91. The van der Waals surface area contributed by atoms with Crippen LogP contribution in [0.25, 0.3) is 0 Å². The zero-order valence-corrected chi connectivity index (χ0v) is 18.9. The average Bonchev–Trinajstić information content (AvgIpc) is 2.96. The maximum absolute atomic E-state index is 12.8. The molecule has 1 aliphatic rings. The molecule has 6 nitrogen and oxygen atoms in total. The molecule has 30 heavy (non-hydrogen) atoms. The summed E-state index contributed by atoms with van der Waals surface area (Å²) in [5.74, 6) is 0.349. The van der Waals surface area contributed by atoms with Gasteiger partial charge in [-0.2, -0.15) is 0 Å². The first-order valence-electron chi connectivity index (χ1n) is 9.45. The van der Waals surface area contributed by atoms with Crippen LogP contribution < -0.4 is 10.1 Å². The summed E-state index contributed by atoms with van der Waals surface area (Å²) in [6.07, 6.45) is 0.0442. The van der Waals surface area contributed by atoms with Crippen LogP contribution in [0.5, 0.6) is 5.75 Å². The van der Waals surface area contributed by atoms with Gasteiger partial charge in [-0.25, -0.2) is 4.99 Å². The molecule has 0 bridgehead atoms. The molecule has 158 valence electrons. The number of amides is 2. The molecule has 0 saturated carbocycles. The van der Waals surface area contributed by atoms with E-state index in [2.05, 4.69) is 10.3 Å². The number of hydrogen-bond acceptors (Lipinski definition) is 5. The second kappa shape index (κ2) is 10.2. The van der Waals surface area contributed by atoms with Crippen LogP contribution in [0.1, 0.15) is 20.3 Å². The van der Waals surface area contributed by atoms with Crippen molar-refractivity contribution in [1.82, 2.24) is 4.90 Å². The van der Waals surface area contributed by atoms with E-state index in [-0.39, 0.29) is 18.2 Å². The van der Waals surface area contributed by atoms with E-state index in [0.717, 1.165) is 5.75 Å². The molecule has 3 rings (SSSR count). The Kier molecular flexibility index (Phi) is 7.64. The predicted molar refractivity (Wildman–Crippen MR) is 123 cm³/mol. The zero-order chi connectivity index (χ0) is 21.7. The number of anilines is 1. The van der Waals surface area contributed by atoms with E-state index in [1.165, 1.54) is 11.8 Å². The van der Waals surface area contributed by atoms with E-state index in [0.29, 0.717) is 39.7 Å². The second-order valence-electron chi connectivity index (χ2n) is 6.42. The van der Waals surface area contributed by atoms with Crippen molar-refractivity contribution in [2.45, 2.75) is 25.5 Å². The molecule has 1 saturated heterocycles. The molecule has 1 fully saturated rings. The number of halogens is 2. The summed E-state index contributed by atoms with van der Waals surface area (Å²) in [4.78, 5) is 31.3. The van der Waals surface area contributed by atoms with Crippen LogP contribution in [-0.2, 0) is 9.59 Å². The van der Waals surface area contributed by atoms with E-state index < -0.39 is 5.25 Å². The van der Waals surface area contributed by atoms with Crippen LogP contribution in [-0.4, -0.2) is 40.3 Å². The Bertz CT molecular complexity index is 946. The minimum atomic E-state index is -0.541. The van der Waals surface area contributed by atoms with Crippen molar-refractivity contribution in [2.75, 3.05) is 18.5 Å². The number of ether oxygens (including phenoxy) is 1. The number of carbonyl (C=O) groups excluding carboxylic acids is 2. The predicted octanol–water partition coefficient (Wildman–Crippen LogP) is 5.37. The molecule has 0 aliphatic carbocycles. The van der Waals surface area contributed by atoms with Gasteiger partial charge in [0.05, 0.1) is 12.3 Å². The van der Waals surface area contributed by atoms with E-state index in [4.69, 9.17) is 27.9 Å².